The Hall–Kier alpha value is -1.86. The Balaban J connectivity index is 1.81. The number of hydrogen-bond acceptors (Lipinski definition) is 3. The lowest BCUT2D eigenvalue weighted by Gasteiger charge is -2.32. The van der Waals surface area contributed by atoms with E-state index in [2.05, 4.69) is 26.2 Å². The number of hydrogen-bond donors (Lipinski definition) is 2. The molecule has 0 fully saturated rings. The van der Waals surface area contributed by atoms with E-state index in [-0.39, 0.29) is 36.2 Å². The molecule has 1 amide bonds. The smallest absolute Gasteiger partial charge is 0.262 e. The fraction of sp³-hybridized carbons (Fsp3) is 0.294. The van der Waals surface area contributed by atoms with Gasteiger partial charge in [-0.25, -0.2) is 8.78 Å². The molecule has 1 aliphatic carbocycles. The lowest BCUT2D eigenvalue weighted by molar-refractivity contribution is -0.135. The number of alkyl halides is 1. The molecule has 1 heterocycles. The van der Waals surface area contributed by atoms with Crippen LogP contribution in [0.1, 0.15) is 35.8 Å². The van der Waals surface area contributed by atoms with Crippen molar-refractivity contribution in [3.05, 3.63) is 63.6 Å². The molecule has 2 aromatic rings. The molecule has 0 radical (unpaired) electrons. The molecule has 24 heavy (non-hydrogen) atoms. The number of amides is 1. The largest absolute Gasteiger partial charge is 0.387 e. The second kappa shape index (κ2) is 6.57. The molecule has 3 rings (SSSR count). The summed E-state index contributed by atoms with van der Waals surface area (Å²) in [5.74, 6) is -1.34. The van der Waals surface area contributed by atoms with E-state index in [1.54, 1.807) is 6.07 Å². The van der Waals surface area contributed by atoms with Crippen molar-refractivity contribution >= 4 is 21.8 Å². The maximum absolute atomic E-state index is 15.3. The summed E-state index contributed by atoms with van der Waals surface area (Å²) >= 11 is 3.15. The number of carbonyl (C=O) groups is 1. The SMILES string of the molecule is O=C(NCc1ccc(Br)cc1F)[C@]1(F)CC[C@H](O)c2ncccc21. The number of carbonyl (C=O) groups excluding carboxylic acids is 1. The van der Waals surface area contributed by atoms with Crippen LogP contribution in [0, 0.1) is 5.82 Å². The van der Waals surface area contributed by atoms with Crippen LogP contribution >= 0.6 is 15.9 Å². The van der Waals surface area contributed by atoms with E-state index < -0.39 is 23.5 Å². The Morgan fingerprint density at radius 3 is 3.00 bits per heavy atom. The normalized spacial score (nSPS) is 22.8. The summed E-state index contributed by atoms with van der Waals surface area (Å²) in [4.78, 5) is 16.4. The molecule has 4 nitrogen and oxygen atoms in total. The Morgan fingerprint density at radius 2 is 2.25 bits per heavy atom. The number of aliphatic hydroxyl groups excluding tert-OH is 1. The molecule has 0 unspecified atom stereocenters. The highest BCUT2D eigenvalue weighted by molar-refractivity contribution is 9.10. The van der Waals surface area contributed by atoms with Crippen molar-refractivity contribution in [2.75, 3.05) is 0 Å². The zero-order valence-electron chi connectivity index (χ0n) is 12.6. The highest BCUT2D eigenvalue weighted by Crippen LogP contribution is 2.42. The number of halogens is 3. The van der Waals surface area contributed by atoms with Crippen molar-refractivity contribution in [2.45, 2.75) is 31.2 Å². The first-order valence-corrected chi connectivity index (χ1v) is 8.26. The minimum atomic E-state index is -2.28. The van der Waals surface area contributed by atoms with Crippen LogP contribution in [0.4, 0.5) is 8.78 Å². The van der Waals surface area contributed by atoms with Crippen LogP contribution < -0.4 is 5.32 Å². The molecule has 126 valence electrons. The van der Waals surface area contributed by atoms with Crippen molar-refractivity contribution in [1.29, 1.82) is 0 Å². The highest BCUT2D eigenvalue weighted by Gasteiger charge is 2.46. The molecule has 0 saturated heterocycles. The number of aliphatic hydroxyl groups is 1. The number of nitrogens with one attached hydrogen (secondary N) is 1. The fourth-order valence-corrected chi connectivity index (χ4v) is 3.17. The summed E-state index contributed by atoms with van der Waals surface area (Å²) in [5, 5.41) is 12.4. The van der Waals surface area contributed by atoms with Gasteiger partial charge in [0.1, 0.15) is 5.82 Å². The van der Waals surface area contributed by atoms with Crippen LogP contribution in [0.3, 0.4) is 0 Å². The molecule has 1 aliphatic rings. The number of pyridine rings is 1. The van der Waals surface area contributed by atoms with Crippen LogP contribution in [0.15, 0.2) is 41.0 Å². The second-order valence-corrected chi connectivity index (χ2v) is 6.63. The van der Waals surface area contributed by atoms with E-state index in [9.17, 15) is 14.3 Å². The van der Waals surface area contributed by atoms with Gasteiger partial charge in [0, 0.05) is 28.3 Å². The van der Waals surface area contributed by atoms with E-state index >= 15 is 4.39 Å². The van der Waals surface area contributed by atoms with Gasteiger partial charge in [-0.05, 0) is 31.0 Å². The molecule has 1 aromatic heterocycles. The summed E-state index contributed by atoms with van der Waals surface area (Å²) in [6, 6.07) is 7.41. The van der Waals surface area contributed by atoms with Gasteiger partial charge >= 0.3 is 0 Å². The molecule has 2 atom stereocenters. The van der Waals surface area contributed by atoms with E-state index in [1.807, 2.05) is 0 Å². The topological polar surface area (TPSA) is 62.2 Å². The maximum Gasteiger partial charge on any atom is 0.262 e. The number of fused-ring (bicyclic) bond motifs is 1. The Kier molecular flexibility index (Phi) is 4.64. The number of aromatic nitrogens is 1. The Morgan fingerprint density at radius 1 is 1.46 bits per heavy atom. The lowest BCUT2D eigenvalue weighted by Crippen LogP contribution is -2.44. The number of nitrogens with zero attached hydrogens (tertiary/aromatic N) is 1. The van der Waals surface area contributed by atoms with Crippen LogP contribution in [0.25, 0.3) is 0 Å². The first-order chi connectivity index (χ1) is 11.4. The monoisotopic (exact) mass is 396 g/mol. The third-order valence-electron chi connectivity index (χ3n) is 4.16. The van der Waals surface area contributed by atoms with Crippen LogP contribution in [0.2, 0.25) is 0 Å². The lowest BCUT2D eigenvalue weighted by atomic mass is 9.81. The minimum absolute atomic E-state index is 0.0672. The molecular weight excluding hydrogens is 382 g/mol. The first-order valence-electron chi connectivity index (χ1n) is 7.46. The van der Waals surface area contributed by atoms with E-state index in [0.717, 1.165) is 0 Å². The van der Waals surface area contributed by atoms with Gasteiger partial charge in [-0.3, -0.25) is 9.78 Å². The molecule has 2 N–H and O–H groups in total. The van der Waals surface area contributed by atoms with Crippen molar-refractivity contribution in [3.63, 3.8) is 0 Å². The van der Waals surface area contributed by atoms with Gasteiger partial charge in [0.05, 0.1) is 11.8 Å². The van der Waals surface area contributed by atoms with Gasteiger partial charge in [-0.15, -0.1) is 0 Å². The predicted octanol–water partition coefficient (Wildman–Crippen LogP) is 3.29. The summed E-state index contributed by atoms with van der Waals surface area (Å²) in [6.07, 6.45) is 0.507. The van der Waals surface area contributed by atoms with Crippen molar-refractivity contribution in [1.82, 2.24) is 10.3 Å². The molecule has 1 aromatic carbocycles. The van der Waals surface area contributed by atoms with Gasteiger partial charge in [-0.2, -0.15) is 0 Å². The average molecular weight is 397 g/mol. The first kappa shape index (κ1) is 17.0. The number of benzene rings is 1. The molecule has 0 saturated carbocycles. The summed E-state index contributed by atoms with van der Waals surface area (Å²) in [5.41, 5.74) is -1.78. The van der Waals surface area contributed by atoms with Gasteiger partial charge < -0.3 is 10.4 Å². The maximum atomic E-state index is 15.3. The number of rotatable bonds is 3. The quantitative estimate of drug-likeness (QED) is 0.836. The summed E-state index contributed by atoms with van der Waals surface area (Å²) < 4.78 is 29.7. The van der Waals surface area contributed by atoms with Crippen LogP contribution in [-0.4, -0.2) is 16.0 Å². The zero-order valence-corrected chi connectivity index (χ0v) is 14.2. The molecule has 0 spiro atoms. The fourth-order valence-electron chi connectivity index (χ4n) is 2.84. The van der Waals surface area contributed by atoms with Gasteiger partial charge in [-0.1, -0.05) is 28.1 Å². The molecular formula is C17H15BrF2N2O2. The van der Waals surface area contributed by atoms with E-state index in [1.165, 1.54) is 30.5 Å². The van der Waals surface area contributed by atoms with Crippen molar-refractivity contribution in [2.24, 2.45) is 0 Å². The summed E-state index contributed by atoms with van der Waals surface area (Å²) in [6.45, 7) is -0.123. The van der Waals surface area contributed by atoms with Gasteiger partial charge in [0.2, 0.25) is 5.67 Å². The Bertz CT molecular complexity index is 787. The van der Waals surface area contributed by atoms with Crippen LogP contribution in [0.5, 0.6) is 0 Å². The summed E-state index contributed by atoms with van der Waals surface area (Å²) in [7, 11) is 0. The standard InChI is InChI=1S/C17H15BrF2N2O2/c18-11-4-3-10(13(19)8-11)9-22-16(24)17(20)6-5-14(23)15-12(17)2-1-7-21-15/h1-4,7-8,14,23H,5-6,9H2,(H,22,24)/t14-,17-/m0/s1. The Labute approximate surface area is 146 Å². The minimum Gasteiger partial charge on any atom is -0.387 e. The average Bonchev–Trinajstić information content (AvgIpc) is 2.57. The van der Waals surface area contributed by atoms with E-state index in [0.29, 0.717) is 4.47 Å². The van der Waals surface area contributed by atoms with Crippen LogP contribution in [-0.2, 0) is 17.0 Å². The zero-order chi connectivity index (χ0) is 17.3. The molecule has 0 bridgehead atoms. The van der Waals surface area contributed by atoms with Gasteiger partial charge in [0.25, 0.3) is 5.91 Å². The van der Waals surface area contributed by atoms with E-state index in [4.69, 9.17) is 0 Å². The second-order valence-electron chi connectivity index (χ2n) is 5.71. The predicted molar refractivity (Wildman–Crippen MR) is 87.2 cm³/mol. The molecule has 7 heteroatoms. The van der Waals surface area contributed by atoms with Crippen molar-refractivity contribution in [3.8, 4) is 0 Å². The third-order valence-corrected chi connectivity index (χ3v) is 4.65. The highest BCUT2D eigenvalue weighted by atomic mass is 79.9. The van der Waals surface area contributed by atoms with Gasteiger partial charge in [0.15, 0.2) is 0 Å². The van der Waals surface area contributed by atoms with Crippen molar-refractivity contribution < 1.29 is 18.7 Å². The molecule has 0 aliphatic heterocycles. The third kappa shape index (κ3) is 3.06.